The Labute approximate surface area is 148 Å². The van der Waals surface area contributed by atoms with E-state index in [1.807, 2.05) is 45.0 Å². The average molecular weight is 343 g/mol. The van der Waals surface area contributed by atoms with Gasteiger partial charge in [-0.05, 0) is 45.7 Å². The van der Waals surface area contributed by atoms with Crippen LogP contribution < -0.4 is 4.90 Å². The summed E-state index contributed by atoms with van der Waals surface area (Å²) in [6, 6.07) is 7.64. The van der Waals surface area contributed by atoms with Crippen LogP contribution in [0.15, 0.2) is 24.3 Å². The van der Waals surface area contributed by atoms with Gasteiger partial charge in [-0.15, -0.1) is 0 Å². The molecule has 0 unspecified atom stereocenters. The summed E-state index contributed by atoms with van der Waals surface area (Å²) in [6.45, 7) is 6.17. The summed E-state index contributed by atoms with van der Waals surface area (Å²) in [5, 5.41) is 0. The van der Waals surface area contributed by atoms with Crippen LogP contribution in [0.5, 0.6) is 0 Å². The largest absolute Gasteiger partial charge is 0.331 e. The fraction of sp³-hybridized carbons (Fsp3) is 0.526. The van der Waals surface area contributed by atoms with Gasteiger partial charge in [-0.1, -0.05) is 17.7 Å². The molecule has 2 fully saturated rings. The highest BCUT2D eigenvalue weighted by molar-refractivity contribution is 6.00. The minimum Gasteiger partial charge on any atom is -0.331 e. The van der Waals surface area contributed by atoms with Crippen LogP contribution >= 0.6 is 0 Å². The Morgan fingerprint density at radius 1 is 1.20 bits per heavy atom. The van der Waals surface area contributed by atoms with E-state index in [0.717, 1.165) is 24.1 Å². The summed E-state index contributed by atoms with van der Waals surface area (Å²) in [5.41, 5.74) is 1.91. The van der Waals surface area contributed by atoms with Gasteiger partial charge in [0, 0.05) is 17.6 Å². The van der Waals surface area contributed by atoms with Gasteiger partial charge in [0.05, 0.1) is 0 Å². The van der Waals surface area contributed by atoms with E-state index in [-0.39, 0.29) is 49.4 Å². The van der Waals surface area contributed by atoms with Crippen molar-refractivity contribution in [1.82, 2.24) is 9.80 Å². The van der Waals surface area contributed by atoms with Crippen LogP contribution in [0.4, 0.5) is 5.69 Å². The van der Waals surface area contributed by atoms with Gasteiger partial charge in [0.2, 0.25) is 17.7 Å². The molecule has 1 saturated heterocycles. The van der Waals surface area contributed by atoms with E-state index >= 15 is 0 Å². The van der Waals surface area contributed by atoms with Crippen LogP contribution in [-0.4, -0.2) is 53.3 Å². The first-order valence-corrected chi connectivity index (χ1v) is 8.82. The second-order valence-corrected chi connectivity index (χ2v) is 7.22. The number of carbonyl (C=O) groups excluding carboxylic acids is 3. The fourth-order valence-corrected chi connectivity index (χ4v) is 2.99. The zero-order valence-corrected chi connectivity index (χ0v) is 15.1. The molecule has 1 aromatic carbocycles. The number of rotatable bonds is 5. The maximum absolute atomic E-state index is 12.6. The molecule has 6 nitrogen and oxygen atoms in total. The Hall–Kier alpha value is -2.37. The van der Waals surface area contributed by atoms with Crippen molar-refractivity contribution in [3.8, 4) is 0 Å². The van der Waals surface area contributed by atoms with E-state index in [1.165, 1.54) is 4.90 Å². The minimum atomic E-state index is -0.175. The van der Waals surface area contributed by atoms with Crippen LogP contribution in [0.3, 0.4) is 0 Å². The lowest BCUT2D eigenvalue weighted by Gasteiger charge is -2.28. The minimum absolute atomic E-state index is 0.0245. The normalized spacial score (nSPS) is 17.4. The molecule has 25 heavy (non-hydrogen) atoms. The van der Waals surface area contributed by atoms with Gasteiger partial charge >= 0.3 is 0 Å². The lowest BCUT2D eigenvalue weighted by atomic mass is 10.2. The number of hydrogen-bond acceptors (Lipinski definition) is 3. The molecule has 6 heteroatoms. The third-order valence-electron chi connectivity index (χ3n) is 4.78. The fourth-order valence-electron chi connectivity index (χ4n) is 2.99. The second-order valence-electron chi connectivity index (χ2n) is 7.22. The molecule has 0 bridgehead atoms. The van der Waals surface area contributed by atoms with Crippen LogP contribution in [0.1, 0.15) is 32.3 Å². The molecule has 3 rings (SSSR count). The highest BCUT2D eigenvalue weighted by atomic mass is 16.2. The first-order valence-electron chi connectivity index (χ1n) is 8.82. The first-order chi connectivity index (χ1) is 11.9. The van der Waals surface area contributed by atoms with Gasteiger partial charge in [-0.25, -0.2) is 0 Å². The molecule has 0 radical (unpaired) electrons. The van der Waals surface area contributed by atoms with Crippen molar-refractivity contribution in [3.63, 3.8) is 0 Å². The number of nitrogens with zero attached hydrogens (tertiary/aromatic N) is 3. The van der Waals surface area contributed by atoms with Gasteiger partial charge in [-0.2, -0.15) is 0 Å². The predicted octanol–water partition coefficient (Wildman–Crippen LogP) is 1.77. The Morgan fingerprint density at radius 2 is 1.84 bits per heavy atom. The smallest absolute Gasteiger partial charge is 0.248 e. The zero-order chi connectivity index (χ0) is 18.1. The average Bonchev–Trinajstić information content (AvgIpc) is 3.35. The number of anilines is 1. The second kappa shape index (κ2) is 6.86. The molecule has 134 valence electrons. The van der Waals surface area contributed by atoms with Crippen molar-refractivity contribution in [1.29, 1.82) is 0 Å². The Morgan fingerprint density at radius 3 is 2.40 bits per heavy atom. The van der Waals surface area contributed by atoms with Crippen LogP contribution in [0.2, 0.25) is 0 Å². The molecule has 0 atom stereocenters. The number of amides is 3. The number of benzene rings is 1. The quantitative estimate of drug-likeness (QED) is 0.819. The molecular weight excluding hydrogens is 318 g/mol. The lowest BCUT2D eigenvalue weighted by Crippen LogP contribution is -2.46. The molecule has 2 aliphatic rings. The first kappa shape index (κ1) is 17.5. The summed E-state index contributed by atoms with van der Waals surface area (Å²) in [6.07, 6.45) is 1.83. The highest BCUT2D eigenvalue weighted by Gasteiger charge is 2.37. The van der Waals surface area contributed by atoms with Gasteiger partial charge in [-0.3, -0.25) is 19.3 Å². The van der Waals surface area contributed by atoms with Gasteiger partial charge < -0.3 is 9.80 Å². The maximum Gasteiger partial charge on any atom is 0.248 e. The predicted molar refractivity (Wildman–Crippen MR) is 94.8 cm³/mol. The highest BCUT2D eigenvalue weighted by Crippen LogP contribution is 2.31. The summed E-state index contributed by atoms with van der Waals surface area (Å²) in [4.78, 5) is 42.1. The van der Waals surface area contributed by atoms with Crippen LogP contribution in [0.25, 0.3) is 0 Å². The third kappa shape index (κ3) is 3.83. The van der Waals surface area contributed by atoms with E-state index in [0.29, 0.717) is 0 Å². The molecule has 0 spiro atoms. The van der Waals surface area contributed by atoms with Crippen molar-refractivity contribution >= 4 is 23.4 Å². The van der Waals surface area contributed by atoms with Gasteiger partial charge in [0.25, 0.3) is 0 Å². The topological polar surface area (TPSA) is 60.9 Å². The monoisotopic (exact) mass is 343 g/mol. The third-order valence-corrected chi connectivity index (χ3v) is 4.78. The molecule has 0 N–H and O–H groups in total. The SMILES string of the molecule is Cc1ccc(N2CN(C(=O)CN(C(=O)C3CC3)C(C)C)CC2=O)cc1. The summed E-state index contributed by atoms with van der Waals surface area (Å²) in [5.74, 6) is -0.129. The Balaban J connectivity index is 1.65. The molecule has 1 heterocycles. The number of aryl methyl sites for hydroxylation is 1. The zero-order valence-electron chi connectivity index (χ0n) is 15.1. The van der Waals surface area contributed by atoms with E-state index in [1.54, 1.807) is 9.80 Å². The summed E-state index contributed by atoms with van der Waals surface area (Å²) < 4.78 is 0. The van der Waals surface area contributed by atoms with Crippen molar-refractivity contribution in [2.75, 3.05) is 24.7 Å². The molecule has 0 aromatic heterocycles. The van der Waals surface area contributed by atoms with Crippen LogP contribution in [-0.2, 0) is 14.4 Å². The molecular formula is C19H25N3O3. The maximum atomic E-state index is 12.6. The number of carbonyl (C=O) groups is 3. The van der Waals surface area contributed by atoms with E-state index in [9.17, 15) is 14.4 Å². The molecule has 1 aromatic rings. The molecule has 1 saturated carbocycles. The van der Waals surface area contributed by atoms with E-state index in [2.05, 4.69) is 0 Å². The standard InChI is InChI=1S/C19H25N3O3/c1-13(2)21(19(25)15-6-7-15)11-17(23)20-10-18(24)22(12-20)16-8-4-14(3)5-9-16/h4-5,8-9,13,15H,6-7,10-12H2,1-3H3. The van der Waals surface area contributed by atoms with Crippen molar-refractivity contribution in [2.45, 2.75) is 39.7 Å². The number of hydrogen-bond donors (Lipinski definition) is 0. The molecule has 1 aliphatic heterocycles. The van der Waals surface area contributed by atoms with Crippen molar-refractivity contribution in [2.24, 2.45) is 5.92 Å². The van der Waals surface area contributed by atoms with Crippen molar-refractivity contribution in [3.05, 3.63) is 29.8 Å². The van der Waals surface area contributed by atoms with Gasteiger partial charge in [0.1, 0.15) is 19.8 Å². The van der Waals surface area contributed by atoms with E-state index < -0.39 is 0 Å². The van der Waals surface area contributed by atoms with Crippen LogP contribution in [0, 0.1) is 12.8 Å². The van der Waals surface area contributed by atoms with E-state index in [4.69, 9.17) is 0 Å². The lowest BCUT2D eigenvalue weighted by molar-refractivity contribution is -0.142. The van der Waals surface area contributed by atoms with Crippen molar-refractivity contribution < 1.29 is 14.4 Å². The Bertz CT molecular complexity index is 680. The summed E-state index contributed by atoms with van der Waals surface area (Å²) >= 11 is 0. The molecule has 3 amide bonds. The van der Waals surface area contributed by atoms with Gasteiger partial charge in [0.15, 0.2) is 0 Å². The Kier molecular flexibility index (Phi) is 4.79. The summed E-state index contributed by atoms with van der Waals surface area (Å²) in [7, 11) is 0. The molecule has 1 aliphatic carbocycles.